The molecule has 0 saturated carbocycles. The molecular formula is C11H16N2OS2. The van der Waals surface area contributed by atoms with Crippen molar-refractivity contribution in [1.82, 2.24) is 5.32 Å². The Morgan fingerprint density at radius 1 is 1.50 bits per heavy atom. The van der Waals surface area contributed by atoms with Gasteiger partial charge < -0.3 is 11.1 Å². The molecule has 0 atom stereocenters. The van der Waals surface area contributed by atoms with Crippen LogP contribution >= 0.6 is 23.6 Å². The van der Waals surface area contributed by atoms with E-state index in [1.54, 1.807) is 0 Å². The minimum absolute atomic E-state index is 0.00780. The van der Waals surface area contributed by atoms with Gasteiger partial charge in [-0.3, -0.25) is 4.79 Å². The van der Waals surface area contributed by atoms with E-state index in [2.05, 4.69) is 5.32 Å². The molecule has 16 heavy (non-hydrogen) atoms. The smallest absolute Gasteiger partial charge is 0.261 e. The summed E-state index contributed by atoms with van der Waals surface area (Å²) in [6.07, 6.45) is 2.59. The normalized spacial score (nSPS) is 10.1. The van der Waals surface area contributed by atoms with Gasteiger partial charge in [-0.25, -0.2) is 0 Å². The van der Waals surface area contributed by atoms with Crippen molar-refractivity contribution in [2.75, 3.05) is 6.54 Å². The molecule has 0 spiro atoms. The molecule has 0 aromatic carbocycles. The monoisotopic (exact) mass is 256 g/mol. The molecule has 0 unspecified atom stereocenters. The summed E-state index contributed by atoms with van der Waals surface area (Å²) in [6, 6.07) is 3.80. The quantitative estimate of drug-likeness (QED) is 0.606. The lowest BCUT2D eigenvalue weighted by molar-refractivity contribution is 0.0957. The van der Waals surface area contributed by atoms with Gasteiger partial charge >= 0.3 is 0 Å². The number of thiophene rings is 1. The molecule has 3 N–H and O–H groups in total. The van der Waals surface area contributed by atoms with Crippen LogP contribution in [0.3, 0.4) is 0 Å². The predicted octanol–water partition coefficient (Wildman–Crippen LogP) is 2.24. The van der Waals surface area contributed by atoms with Crippen LogP contribution in [0.1, 0.15) is 33.8 Å². The molecule has 0 radical (unpaired) electrons. The second kappa shape index (κ2) is 6.60. The van der Waals surface area contributed by atoms with Gasteiger partial charge in [0.15, 0.2) is 0 Å². The van der Waals surface area contributed by atoms with Crippen molar-refractivity contribution in [3.8, 4) is 0 Å². The standard InChI is InChI=1S/C11H16N2OS2/c1-8-5-6-9(16-8)11(14)13-7-3-2-4-10(12)15/h5-6H,2-4,7H2,1H3,(H2,12,15)(H,13,14). The number of unbranched alkanes of at least 4 members (excludes halogenated alkanes) is 1. The van der Waals surface area contributed by atoms with E-state index in [1.807, 2.05) is 19.1 Å². The van der Waals surface area contributed by atoms with Crippen LogP contribution in [0.15, 0.2) is 12.1 Å². The van der Waals surface area contributed by atoms with Gasteiger partial charge in [-0.05, 0) is 38.3 Å². The molecule has 3 nitrogen and oxygen atoms in total. The zero-order valence-electron chi connectivity index (χ0n) is 9.29. The highest BCUT2D eigenvalue weighted by Crippen LogP contribution is 2.14. The maximum absolute atomic E-state index is 11.6. The number of aryl methyl sites for hydroxylation is 1. The predicted molar refractivity (Wildman–Crippen MR) is 72.0 cm³/mol. The number of nitrogens with two attached hydrogens (primary N) is 1. The van der Waals surface area contributed by atoms with Crippen molar-refractivity contribution in [3.63, 3.8) is 0 Å². The Morgan fingerprint density at radius 3 is 2.81 bits per heavy atom. The molecule has 88 valence electrons. The van der Waals surface area contributed by atoms with Crippen molar-refractivity contribution < 1.29 is 4.79 Å². The summed E-state index contributed by atoms with van der Waals surface area (Å²) in [7, 11) is 0. The molecule has 0 fully saturated rings. The first-order chi connectivity index (χ1) is 7.59. The molecule has 1 aromatic rings. The Labute approximate surface area is 105 Å². The molecule has 1 aromatic heterocycles. The fourth-order valence-corrected chi connectivity index (χ4v) is 2.20. The van der Waals surface area contributed by atoms with Crippen LogP contribution in [-0.2, 0) is 0 Å². The van der Waals surface area contributed by atoms with Crippen molar-refractivity contribution in [2.24, 2.45) is 5.73 Å². The van der Waals surface area contributed by atoms with E-state index in [9.17, 15) is 4.79 Å². The summed E-state index contributed by atoms with van der Waals surface area (Å²) in [5, 5.41) is 2.87. The van der Waals surface area contributed by atoms with Gasteiger partial charge in [0, 0.05) is 11.4 Å². The van der Waals surface area contributed by atoms with Gasteiger partial charge in [0.1, 0.15) is 0 Å². The van der Waals surface area contributed by atoms with Gasteiger partial charge in [0.05, 0.1) is 9.87 Å². The first kappa shape index (κ1) is 13.1. The summed E-state index contributed by atoms with van der Waals surface area (Å²) in [5.74, 6) is 0.00780. The van der Waals surface area contributed by atoms with Crippen molar-refractivity contribution in [2.45, 2.75) is 26.2 Å². The highest BCUT2D eigenvalue weighted by atomic mass is 32.1. The SMILES string of the molecule is Cc1ccc(C(=O)NCCCCC(N)=S)s1. The van der Waals surface area contributed by atoms with Crippen LogP contribution < -0.4 is 11.1 Å². The van der Waals surface area contributed by atoms with Crippen LogP contribution in [0.2, 0.25) is 0 Å². The highest BCUT2D eigenvalue weighted by molar-refractivity contribution is 7.80. The first-order valence-corrected chi connectivity index (χ1v) is 6.45. The maximum atomic E-state index is 11.6. The van der Waals surface area contributed by atoms with Gasteiger partial charge in [0.25, 0.3) is 5.91 Å². The highest BCUT2D eigenvalue weighted by Gasteiger charge is 2.06. The zero-order valence-corrected chi connectivity index (χ0v) is 10.9. The van der Waals surface area contributed by atoms with Crippen LogP contribution in [0.25, 0.3) is 0 Å². The minimum atomic E-state index is 0.00780. The van der Waals surface area contributed by atoms with Gasteiger partial charge in [0.2, 0.25) is 0 Å². The average Bonchev–Trinajstić information content (AvgIpc) is 2.63. The number of rotatable bonds is 6. The average molecular weight is 256 g/mol. The van der Waals surface area contributed by atoms with E-state index in [0.29, 0.717) is 11.5 Å². The van der Waals surface area contributed by atoms with E-state index in [4.69, 9.17) is 18.0 Å². The lowest BCUT2D eigenvalue weighted by Gasteiger charge is -2.02. The third-order valence-electron chi connectivity index (χ3n) is 2.10. The molecule has 0 aliphatic carbocycles. The Morgan fingerprint density at radius 2 is 2.25 bits per heavy atom. The maximum Gasteiger partial charge on any atom is 0.261 e. The van der Waals surface area contributed by atoms with E-state index >= 15 is 0 Å². The topological polar surface area (TPSA) is 55.1 Å². The number of thiocarbonyl (C=S) groups is 1. The Balaban J connectivity index is 2.18. The number of hydrogen-bond donors (Lipinski definition) is 2. The summed E-state index contributed by atoms with van der Waals surface area (Å²) in [5.41, 5.74) is 5.37. The minimum Gasteiger partial charge on any atom is -0.393 e. The van der Waals surface area contributed by atoms with Crippen LogP contribution in [0.4, 0.5) is 0 Å². The molecule has 5 heteroatoms. The van der Waals surface area contributed by atoms with Crippen LogP contribution in [0, 0.1) is 6.92 Å². The Hall–Kier alpha value is -0.940. The molecule has 0 aliphatic heterocycles. The van der Waals surface area contributed by atoms with Crippen LogP contribution in [-0.4, -0.2) is 17.4 Å². The van der Waals surface area contributed by atoms with E-state index in [-0.39, 0.29) is 5.91 Å². The van der Waals surface area contributed by atoms with Gasteiger partial charge in [-0.2, -0.15) is 0 Å². The largest absolute Gasteiger partial charge is 0.393 e. The third-order valence-corrected chi connectivity index (χ3v) is 3.30. The van der Waals surface area contributed by atoms with Crippen molar-refractivity contribution in [1.29, 1.82) is 0 Å². The fourth-order valence-electron chi connectivity index (χ4n) is 1.27. The molecule has 1 rings (SSSR count). The number of nitrogens with one attached hydrogen (secondary N) is 1. The number of amides is 1. The Bertz CT molecular complexity index is 374. The van der Waals surface area contributed by atoms with Gasteiger partial charge in [-0.1, -0.05) is 12.2 Å². The molecule has 1 heterocycles. The second-order valence-corrected chi connectivity index (χ2v) is 5.40. The summed E-state index contributed by atoms with van der Waals surface area (Å²) >= 11 is 6.28. The summed E-state index contributed by atoms with van der Waals surface area (Å²) in [4.78, 5) is 14.1. The lowest BCUT2D eigenvalue weighted by atomic mass is 10.2. The van der Waals surface area contributed by atoms with E-state index in [0.717, 1.165) is 29.0 Å². The fraction of sp³-hybridized carbons (Fsp3) is 0.455. The summed E-state index contributed by atoms with van der Waals surface area (Å²) in [6.45, 7) is 2.67. The Kier molecular flexibility index (Phi) is 5.42. The number of carbonyl (C=O) groups is 1. The number of carbonyl (C=O) groups excluding carboxylic acids is 1. The first-order valence-electron chi connectivity index (χ1n) is 5.22. The lowest BCUT2D eigenvalue weighted by Crippen LogP contribution is -2.23. The van der Waals surface area contributed by atoms with Crippen molar-refractivity contribution in [3.05, 3.63) is 21.9 Å². The molecule has 0 bridgehead atoms. The third kappa shape index (κ3) is 4.72. The molecule has 1 amide bonds. The number of hydrogen-bond acceptors (Lipinski definition) is 3. The van der Waals surface area contributed by atoms with Gasteiger partial charge in [-0.15, -0.1) is 11.3 Å². The van der Waals surface area contributed by atoms with Crippen molar-refractivity contribution >= 4 is 34.5 Å². The zero-order chi connectivity index (χ0) is 12.0. The van der Waals surface area contributed by atoms with E-state index < -0.39 is 0 Å². The molecular weight excluding hydrogens is 240 g/mol. The molecule has 0 aliphatic rings. The van der Waals surface area contributed by atoms with Crippen LogP contribution in [0.5, 0.6) is 0 Å². The molecule has 0 saturated heterocycles. The summed E-state index contributed by atoms with van der Waals surface area (Å²) < 4.78 is 0. The second-order valence-electron chi connectivity index (χ2n) is 3.59. The van der Waals surface area contributed by atoms with E-state index in [1.165, 1.54) is 11.3 Å².